The molecule has 0 aliphatic carbocycles. The van der Waals surface area contributed by atoms with E-state index in [1.165, 1.54) is 7.11 Å². The third kappa shape index (κ3) is 4.07. The Morgan fingerprint density at radius 2 is 1.86 bits per heavy atom. The number of phenolic OH excluding ortho intramolecular Hbond substituents is 1. The largest absolute Gasteiger partial charge is 0.505 e. The number of rotatable bonds is 6. The van der Waals surface area contributed by atoms with Gasteiger partial charge in [-0.1, -0.05) is 31.5 Å². The van der Waals surface area contributed by atoms with E-state index in [9.17, 15) is 9.90 Å². The second-order valence-corrected chi connectivity index (χ2v) is 7.31. The molecule has 29 heavy (non-hydrogen) atoms. The van der Waals surface area contributed by atoms with Crippen molar-refractivity contribution < 1.29 is 19.4 Å². The molecule has 3 rings (SSSR count). The van der Waals surface area contributed by atoms with Crippen LogP contribution in [0.15, 0.2) is 42.6 Å². The quantitative estimate of drug-likeness (QED) is 0.621. The summed E-state index contributed by atoms with van der Waals surface area (Å²) < 4.78 is 10.7. The van der Waals surface area contributed by atoms with Gasteiger partial charge in [0.25, 0.3) is 0 Å². The summed E-state index contributed by atoms with van der Waals surface area (Å²) in [6.07, 6.45) is 1.58. The van der Waals surface area contributed by atoms with Crippen molar-refractivity contribution in [2.24, 2.45) is 5.92 Å². The Kier molecular flexibility index (Phi) is 6.13. The Bertz CT molecular complexity index is 1050. The van der Waals surface area contributed by atoms with E-state index in [1.807, 2.05) is 6.07 Å². The zero-order valence-electron chi connectivity index (χ0n) is 16.7. The number of hydrogen-bond donors (Lipinski definition) is 2. The molecule has 0 aliphatic heterocycles. The van der Waals surface area contributed by atoms with Crippen LogP contribution in [-0.4, -0.2) is 30.2 Å². The average molecular weight is 415 g/mol. The van der Waals surface area contributed by atoms with Gasteiger partial charge in [-0.15, -0.1) is 0 Å². The summed E-state index contributed by atoms with van der Waals surface area (Å²) in [4.78, 5) is 16.8. The number of fused-ring (bicyclic) bond motifs is 1. The van der Waals surface area contributed by atoms with E-state index in [2.05, 4.69) is 10.3 Å². The van der Waals surface area contributed by atoms with Crippen molar-refractivity contribution in [3.63, 3.8) is 0 Å². The van der Waals surface area contributed by atoms with Gasteiger partial charge in [0.2, 0.25) is 5.91 Å². The van der Waals surface area contributed by atoms with Crippen LogP contribution in [0.1, 0.15) is 31.0 Å². The van der Waals surface area contributed by atoms with Gasteiger partial charge in [0.1, 0.15) is 11.3 Å². The first-order valence-corrected chi connectivity index (χ1v) is 9.53. The van der Waals surface area contributed by atoms with Crippen LogP contribution >= 0.6 is 11.6 Å². The van der Waals surface area contributed by atoms with Gasteiger partial charge in [0, 0.05) is 23.1 Å². The van der Waals surface area contributed by atoms with Crippen molar-refractivity contribution in [1.82, 2.24) is 10.3 Å². The molecule has 2 aromatic carbocycles. The van der Waals surface area contributed by atoms with Gasteiger partial charge in [0.05, 0.1) is 25.3 Å². The molecule has 0 saturated carbocycles. The molecular formula is C22H23ClN2O4. The van der Waals surface area contributed by atoms with E-state index in [1.54, 1.807) is 57.5 Å². The Labute approximate surface area is 174 Å². The zero-order chi connectivity index (χ0) is 21.1. The van der Waals surface area contributed by atoms with Crippen LogP contribution in [0.4, 0.5) is 0 Å². The number of ether oxygens (including phenoxy) is 2. The monoisotopic (exact) mass is 414 g/mol. The van der Waals surface area contributed by atoms with Gasteiger partial charge in [0.15, 0.2) is 11.5 Å². The maximum Gasteiger partial charge on any atom is 0.223 e. The number of aromatic nitrogens is 1. The molecule has 0 bridgehead atoms. The maximum atomic E-state index is 12.5. The number of nitrogens with one attached hydrogen (secondary N) is 1. The summed E-state index contributed by atoms with van der Waals surface area (Å²) in [6, 6.07) is 9.85. The standard InChI is InChI=1S/C22H23ClN2O4/c1-12(2)22(27)25-19(13-7-8-17(28-3)18(10-13)29-4)15-11-16(23)14-6-5-9-24-20(14)21(15)26/h5-12,19,26H,1-4H3,(H,25,27). The van der Waals surface area contributed by atoms with Crippen LogP contribution in [0.2, 0.25) is 5.02 Å². The summed E-state index contributed by atoms with van der Waals surface area (Å²) in [6.45, 7) is 3.60. The Morgan fingerprint density at radius 3 is 2.52 bits per heavy atom. The number of pyridine rings is 1. The molecule has 1 unspecified atom stereocenters. The molecule has 1 aromatic heterocycles. The highest BCUT2D eigenvalue weighted by Gasteiger charge is 2.25. The van der Waals surface area contributed by atoms with Crippen LogP contribution < -0.4 is 14.8 Å². The molecule has 0 saturated heterocycles. The molecular weight excluding hydrogens is 392 g/mol. The third-order valence-corrected chi connectivity index (χ3v) is 5.02. The van der Waals surface area contributed by atoms with E-state index in [0.29, 0.717) is 38.6 Å². The number of aromatic hydroxyl groups is 1. The lowest BCUT2D eigenvalue weighted by molar-refractivity contribution is -0.124. The molecule has 0 spiro atoms. The zero-order valence-corrected chi connectivity index (χ0v) is 17.4. The first kappa shape index (κ1) is 20.7. The third-order valence-electron chi connectivity index (χ3n) is 4.71. The molecule has 3 aromatic rings. The SMILES string of the molecule is COc1ccc(C(NC(=O)C(C)C)c2cc(Cl)c3cccnc3c2O)cc1OC. The van der Waals surface area contributed by atoms with E-state index in [-0.39, 0.29) is 17.6 Å². The smallest absolute Gasteiger partial charge is 0.223 e. The van der Waals surface area contributed by atoms with Gasteiger partial charge in [-0.2, -0.15) is 0 Å². The summed E-state index contributed by atoms with van der Waals surface area (Å²) in [5.74, 6) is 0.634. The molecule has 1 heterocycles. The average Bonchev–Trinajstić information content (AvgIpc) is 2.74. The number of amides is 1. The Hall–Kier alpha value is -2.99. The van der Waals surface area contributed by atoms with Gasteiger partial charge in [-0.05, 0) is 35.9 Å². The number of phenols is 1. The van der Waals surface area contributed by atoms with Gasteiger partial charge in [-0.3, -0.25) is 9.78 Å². The predicted molar refractivity (Wildman–Crippen MR) is 113 cm³/mol. The summed E-state index contributed by atoms with van der Waals surface area (Å²) in [5, 5.41) is 15.0. The summed E-state index contributed by atoms with van der Waals surface area (Å²) in [7, 11) is 3.09. The van der Waals surface area contributed by atoms with Crippen LogP contribution in [0.3, 0.4) is 0 Å². The molecule has 1 atom stereocenters. The lowest BCUT2D eigenvalue weighted by Crippen LogP contribution is -2.32. The molecule has 0 radical (unpaired) electrons. The highest BCUT2D eigenvalue weighted by Crippen LogP contribution is 2.40. The lowest BCUT2D eigenvalue weighted by atomic mass is 9.95. The van der Waals surface area contributed by atoms with Crippen LogP contribution in [0, 0.1) is 5.92 Å². The van der Waals surface area contributed by atoms with E-state index in [4.69, 9.17) is 21.1 Å². The first-order chi connectivity index (χ1) is 13.9. The number of carbonyl (C=O) groups is 1. The van der Waals surface area contributed by atoms with Crippen molar-refractivity contribution in [1.29, 1.82) is 0 Å². The minimum Gasteiger partial charge on any atom is -0.505 e. The number of carbonyl (C=O) groups excluding carboxylic acids is 1. The van der Waals surface area contributed by atoms with Gasteiger partial charge in [-0.25, -0.2) is 0 Å². The fourth-order valence-corrected chi connectivity index (χ4v) is 3.38. The lowest BCUT2D eigenvalue weighted by Gasteiger charge is -2.23. The Morgan fingerprint density at radius 1 is 1.14 bits per heavy atom. The Balaban J connectivity index is 2.21. The molecule has 0 fully saturated rings. The topological polar surface area (TPSA) is 80.7 Å². The molecule has 7 heteroatoms. The summed E-state index contributed by atoms with van der Waals surface area (Å²) in [5.41, 5.74) is 1.53. The van der Waals surface area contributed by atoms with E-state index >= 15 is 0 Å². The number of methoxy groups -OCH3 is 2. The fourth-order valence-electron chi connectivity index (χ4n) is 3.11. The predicted octanol–water partition coefficient (Wildman–Crippen LogP) is 4.47. The van der Waals surface area contributed by atoms with E-state index in [0.717, 1.165) is 0 Å². The second kappa shape index (κ2) is 8.57. The summed E-state index contributed by atoms with van der Waals surface area (Å²) >= 11 is 6.46. The van der Waals surface area contributed by atoms with Crippen molar-refractivity contribution in [3.05, 3.63) is 58.7 Å². The van der Waals surface area contributed by atoms with Crippen molar-refractivity contribution in [2.75, 3.05) is 14.2 Å². The highest BCUT2D eigenvalue weighted by molar-refractivity contribution is 6.35. The highest BCUT2D eigenvalue weighted by atomic mass is 35.5. The van der Waals surface area contributed by atoms with Crippen LogP contribution in [0.25, 0.3) is 10.9 Å². The minimum absolute atomic E-state index is 0.0335. The number of benzene rings is 2. The van der Waals surface area contributed by atoms with Gasteiger partial charge >= 0.3 is 0 Å². The van der Waals surface area contributed by atoms with Crippen molar-refractivity contribution in [3.8, 4) is 17.2 Å². The molecule has 1 amide bonds. The molecule has 152 valence electrons. The fraction of sp³-hybridized carbons (Fsp3) is 0.273. The second-order valence-electron chi connectivity index (χ2n) is 6.91. The van der Waals surface area contributed by atoms with Crippen LogP contribution in [-0.2, 0) is 4.79 Å². The van der Waals surface area contributed by atoms with E-state index < -0.39 is 6.04 Å². The number of halogens is 1. The van der Waals surface area contributed by atoms with Crippen LogP contribution in [0.5, 0.6) is 17.2 Å². The normalized spacial score (nSPS) is 12.1. The molecule has 6 nitrogen and oxygen atoms in total. The van der Waals surface area contributed by atoms with Crippen molar-refractivity contribution in [2.45, 2.75) is 19.9 Å². The first-order valence-electron chi connectivity index (χ1n) is 9.15. The number of hydrogen-bond acceptors (Lipinski definition) is 5. The number of nitrogens with zero attached hydrogens (tertiary/aromatic N) is 1. The molecule has 2 N–H and O–H groups in total. The van der Waals surface area contributed by atoms with Crippen molar-refractivity contribution >= 4 is 28.4 Å². The molecule has 0 aliphatic rings. The van der Waals surface area contributed by atoms with Gasteiger partial charge < -0.3 is 19.9 Å². The minimum atomic E-state index is -0.659. The maximum absolute atomic E-state index is 12.5.